The predicted molar refractivity (Wildman–Crippen MR) is 113 cm³/mol. The maximum Gasteiger partial charge on any atom is 0.389 e. The zero-order valence-corrected chi connectivity index (χ0v) is 18.0. The lowest BCUT2D eigenvalue weighted by Crippen LogP contribution is -2.28. The van der Waals surface area contributed by atoms with Crippen LogP contribution in [0.4, 0.5) is 18.9 Å². The summed E-state index contributed by atoms with van der Waals surface area (Å²) in [5.74, 6) is 0.269. The Morgan fingerprint density at radius 3 is 2.29 bits per heavy atom. The zero-order valence-electron chi connectivity index (χ0n) is 17.2. The number of alkyl halides is 3. The van der Waals surface area contributed by atoms with Crippen molar-refractivity contribution >= 4 is 15.7 Å². The lowest BCUT2D eigenvalue weighted by Gasteiger charge is -2.28. The van der Waals surface area contributed by atoms with Crippen LogP contribution in [0.25, 0.3) is 0 Å². The molecule has 0 amide bonds. The first kappa shape index (κ1) is 25.0. The van der Waals surface area contributed by atoms with Crippen molar-refractivity contribution < 1.29 is 31.4 Å². The molecule has 0 spiro atoms. The molecule has 0 atom stereocenters. The van der Waals surface area contributed by atoms with E-state index in [0.29, 0.717) is 18.7 Å². The Morgan fingerprint density at radius 1 is 1.10 bits per heavy atom. The van der Waals surface area contributed by atoms with E-state index < -0.39 is 29.2 Å². The van der Waals surface area contributed by atoms with Gasteiger partial charge in [0.15, 0.2) is 5.75 Å². The topological polar surface area (TPSA) is 92.9 Å². The Bertz CT molecular complexity index is 951. The van der Waals surface area contributed by atoms with Crippen LogP contribution in [0.2, 0.25) is 0 Å². The predicted octanol–water partition coefficient (Wildman–Crippen LogP) is 4.57. The lowest BCUT2D eigenvalue weighted by molar-refractivity contribution is -0.135. The van der Waals surface area contributed by atoms with Crippen molar-refractivity contribution in [2.45, 2.75) is 50.3 Å². The van der Waals surface area contributed by atoms with E-state index in [1.807, 2.05) is 6.92 Å². The van der Waals surface area contributed by atoms with E-state index in [-0.39, 0.29) is 34.9 Å². The van der Waals surface area contributed by atoms with Gasteiger partial charge in [0.25, 0.3) is 0 Å². The molecule has 0 radical (unpaired) electrons. The van der Waals surface area contributed by atoms with E-state index in [1.54, 1.807) is 35.2 Å². The third kappa shape index (κ3) is 7.71. The molecule has 0 saturated heterocycles. The smallest absolute Gasteiger partial charge is 0.389 e. The number of aliphatic hydroxyl groups excluding tert-OH is 1. The number of para-hydroxylation sites is 1. The minimum absolute atomic E-state index is 0.0313. The van der Waals surface area contributed by atoms with Crippen LogP contribution in [0, 0.1) is 0 Å². The van der Waals surface area contributed by atoms with Crippen molar-refractivity contribution in [3.05, 3.63) is 48.0 Å². The van der Waals surface area contributed by atoms with E-state index in [2.05, 4.69) is 0 Å². The maximum absolute atomic E-state index is 12.7. The van der Waals surface area contributed by atoms with Gasteiger partial charge in [0.05, 0.1) is 12.3 Å². The quantitative estimate of drug-likeness (QED) is 0.513. The molecular formula is C21H27F3N2O4S. The minimum Gasteiger partial charge on any atom is -0.454 e. The van der Waals surface area contributed by atoms with Gasteiger partial charge in [-0.15, -0.1) is 0 Å². The molecule has 10 heteroatoms. The van der Waals surface area contributed by atoms with Crippen LogP contribution in [0.3, 0.4) is 0 Å². The molecule has 0 saturated carbocycles. The van der Waals surface area contributed by atoms with Gasteiger partial charge in [-0.05, 0) is 42.7 Å². The molecule has 0 unspecified atom stereocenters. The maximum atomic E-state index is 12.7. The van der Waals surface area contributed by atoms with Crippen LogP contribution in [-0.4, -0.2) is 32.8 Å². The zero-order chi connectivity index (χ0) is 23.1. The molecule has 0 fully saturated rings. The number of sulfonamides is 1. The Kier molecular flexibility index (Phi) is 8.72. The van der Waals surface area contributed by atoms with Crippen molar-refractivity contribution in [2.75, 3.05) is 18.0 Å². The molecule has 0 bridgehead atoms. The number of anilines is 1. The third-order valence-electron chi connectivity index (χ3n) is 4.56. The van der Waals surface area contributed by atoms with Gasteiger partial charge in [-0.1, -0.05) is 31.5 Å². The first-order valence-corrected chi connectivity index (χ1v) is 11.4. The molecule has 0 aromatic heterocycles. The van der Waals surface area contributed by atoms with E-state index in [0.717, 1.165) is 6.42 Å². The molecule has 3 N–H and O–H groups in total. The number of ether oxygens (including phenoxy) is 1. The lowest BCUT2D eigenvalue weighted by atomic mass is 10.1. The van der Waals surface area contributed by atoms with Crippen LogP contribution in [0.15, 0.2) is 47.4 Å². The molecule has 0 heterocycles. The van der Waals surface area contributed by atoms with E-state index in [9.17, 15) is 26.7 Å². The summed E-state index contributed by atoms with van der Waals surface area (Å²) in [5.41, 5.74) is 0.534. The average Bonchev–Trinajstić information content (AvgIpc) is 2.70. The highest BCUT2D eigenvalue weighted by atomic mass is 32.2. The van der Waals surface area contributed by atoms with Gasteiger partial charge in [-0.25, -0.2) is 13.6 Å². The Hall–Kier alpha value is -2.30. The number of nitrogens with two attached hydrogens (primary N) is 1. The number of hydrogen-bond acceptors (Lipinski definition) is 5. The van der Waals surface area contributed by atoms with Gasteiger partial charge in [-0.3, -0.25) is 0 Å². The van der Waals surface area contributed by atoms with Gasteiger partial charge in [0, 0.05) is 19.5 Å². The second-order valence-electron chi connectivity index (χ2n) is 7.12. The first-order chi connectivity index (χ1) is 14.5. The van der Waals surface area contributed by atoms with Crippen LogP contribution in [0.1, 0.15) is 38.2 Å². The van der Waals surface area contributed by atoms with Gasteiger partial charge in [0.1, 0.15) is 10.6 Å². The molecule has 0 aliphatic carbocycles. The number of rotatable bonds is 11. The van der Waals surface area contributed by atoms with Crippen LogP contribution in [-0.2, 0) is 16.6 Å². The minimum atomic E-state index is -4.29. The van der Waals surface area contributed by atoms with Gasteiger partial charge in [-0.2, -0.15) is 13.2 Å². The van der Waals surface area contributed by atoms with Gasteiger partial charge >= 0.3 is 6.18 Å². The summed E-state index contributed by atoms with van der Waals surface area (Å²) < 4.78 is 68.5. The Morgan fingerprint density at radius 2 is 1.74 bits per heavy atom. The molecule has 2 rings (SSSR count). The molecule has 2 aromatic rings. The summed E-state index contributed by atoms with van der Waals surface area (Å²) in [6.45, 7) is 1.89. The van der Waals surface area contributed by atoms with Crippen molar-refractivity contribution in [2.24, 2.45) is 5.14 Å². The van der Waals surface area contributed by atoms with Crippen LogP contribution >= 0.6 is 0 Å². The molecule has 31 heavy (non-hydrogen) atoms. The van der Waals surface area contributed by atoms with E-state index >= 15 is 0 Å². The molecule has 0 aliphatic heterocycles. The highest BCUT2D eigenvalue weighted by Gasteiger charge is 2.28. The summed E-state index contributed by atoms with van der Waals surface area (Å²) in [4.78, 5) is 1.32. The number of halogens is 3. The fourth-order valence-corrected chi connectivity index (χ4v) is 3.78. The summed E-state index contributed by atoms with van der Waals surface area (Å²) in [6.07, 6.45) is -3.98. The number of benzene rings is 2. The summed E-state index contributed by atoms with van der Waals surface area (Å²) in [5, 5.41) is 15.0. The Labute approximate surface area is 180 Å². The van der Waals surface area contributed by atoms with E-state index in [1.165, 1.54) is 12.1 Å². The number of unbranched alkanes of at least 4 members (excludes halogenated alkanes) is 1. The van der Waals surface area contributed by atoms with Crippen molar-refractivity contribution in [3.8, 4) is 11.5 Å². The number of aliphatic hydroxyl groups is 1. The molecule has 6 nitrogen and oxygen atoms in total. The number of nitrogens with zero attached hydrogens (tertiary/aromatic N) is 1. The standard InChI is InChI=1S/C21H27F3N2O4S/c1-2-3-11-26(12-7-10-21(22,23)24)18-13-16(15-27)14-19(31(25,28)29)20(18)30-17-8-5-4-6-9-17/h4-6,8-9,13-14,27H,2-3,7,10-12,15H2,1H3,(H2,25,28,29). The van der Waals surface area contributed by atoms with Crippen molar-refractivity contribution in [3.63, 3.8) is 0 Å². The first-order valence-electron chi connectivity index (χ1n) is 9.90. The average molecular weight is 461 g/mol. The summed E-state index contributed by atoms with van der Waals surface area (Å²) >= 11 is 0. The normalized spacial score (nSPS) is 12.1. The monoisotopic (exact) mass is 460 g/mol. The highest BCUT2D eigenvalue weighted by Crippen LogP contribution is 2.40. The van der Waals surface area contributed by atoms with Gasteiger partial charge in [0.2, 0.25) is 10.0 Å². The van der Waals surface area contributed by atoms with Crippen LogP contribution in [0.5, 0.6) is 11.5 Å². The number of hydrogen-bond donors (Lipinski definition) is 2. The fourth-order valence-electron chi connectivity index (χ4n) is 3.06. The molecule has 172 valence electrons. The second-order valence-corrected chi connectivity index (χ2v) is 8.65. The summed E-state index contributed by atoms with van der Waals surface area (Å²) in [7, 11) is -4.25. The third-order valence-corrected chi connectivity index (χ3v) is 5.47. The van der Waals surface area contributed by atoms with Crippen molar-refractivity contribution in [1.82, 2.24) is 0 Å². The molecule has 0 aliphatic rings. The fraction of sp³-hybridized carbons (Fsp3) is 0.429. The SMILES string of the molecule is CCCCN(CCCC(F)(F)F)c1cc(CO)cc(S(N)(=O)=O)c1Oc1ccccc1. The van der Waals surface area contributed by atoms with Crippen molar-refractivity contribution in [1.29, 1.82) is 0 Å². The highest BCUT2D eigenvalue weighted by molar-refractivity contribution is 7.89. The largest absolute Gasteiger partial charge is 0.454 e. The number of primary sulfonamides is 1. The molecule has 2 aromatic carbocycles. The van der Waals surface area contributed by atoms with Crippen LogP contribution < -0.4 is 14.8 Å². The second kappa shape index (κ2) is 10.8. The molecular weight excluding hydrogens is 433 g/mol. The summed E-state index contributed by atoms with van der Waals surface area (Å²) in [6, 6.07) is 11.1. The van der Waals surface area contributed by atoms with E-state index in [4.69, 9.17) is 9.88 Å². The Balaban J connectivity index is 2.58. The van der Waals surface area contributed by atoms with Gasteiger partial charge < -0.3 is 14.7 Å².